The van der Waals surface area contributed by atoms with Gasteiger partial charge in [0, 0.05) is 5.92 Å². The summed E-state index contributed by atoms with van der Waals surface area (Å²) in [5.41, 5.74) is 0.668. The van der Waals surface area contributed by atoms with Crippen LogP contribution in [-0.4, -0.2) is 28.2 Å². The van der Waals surface area contributed by atoms with E-state index in [1.807, 2.05) is 6.92 Å². The van der Waals surface area contributed by atoms with E-state index in [0.29, 0.717) is 34.9 Å². The van der Waals surface area contributed by atoms with Gasteiger partial charge in [-0.2, -0.15) is 0 Å². The molecule has 0 aromatic heterocycles. The lowest BCUT2D eigenvalue weighted by Crippen LogP contribution is -2.68. The molecule has 11 atom stereocenters. The molecule has 0 aromatic rings. The summed E-state index contributed by atoms with van der Waals surface area (Å²) in [6.07, 6.45) is 9.22. The quantitative estimate of drug-likeness (QED) is 0.521. The molecule has 0 amide bonds. The minimum atomic E-state index is -0.623. The zero-order chi connectivity index (χ0) is 23.5. The molecule has 0 spiro atoms. The summed E-state index contributed by atoms with van der Waals surface area (Å²) >= 11 is 0. The summed E-state index contributed by atoms with van der Waals surface area (Å²) in [5, 5.41) is 21.8. The molecule has 0 aliphatic heterocycles. The summed E-state index contributed by atoms with van der Waals surface area (Å²) in [7, 11) is 0. The van der Waals surface area contributed by atoms with Crippen molar-refractivity contribution in [2.75, 3.05) is 0 Å². The Kier molecular flexibility index (Phi) is 4.99. The third-order valence-electron chi connectivity index (χ3n) is 13.3. The molecule has 32 heavy (non-hydrogen) atoms. The van der Waals surface area contributed by atoms with E-state index in [0.717, 1.165) is 19.3 Å². The fourth-order valence-electron chi connectivity index (χ4n) is 11.5. The second kappa shape index (κ2) is 6.84. The highest BCUT2D eigenvalue weighted by Gasteiger charge is 2.71. The van der Waals surface area contributed by atoms with Crippen molar-refractivity contribution in [1.29, 1.82) is 0 Å². The molecule has 3 heteroatoms. The number of aliphatic hydroxyl groups excluding tert-OH is 2. The lowest BCUT2D eigenvalue weighted by Gasteiger charge is -2.73. The van der Waals surface area contributed by atoms with Gasteiger partial charge in [0.1, 0.15) is 5.78 Å². The van der Waals surface area contributed by atoms with E-state index in [1.165, 1.54) is 38.5 Å². The van der Waals surface area contributed by atoms with Crippen molar-refractivity contribution in [3.8, 4) is 0 Å². The largest absolute Gasteiger partial charge is 0.390 e. The molecule has 5 aliphatic rings. The molecule has 0 saturated heterocycles. The van der Waals surface area contributed by atoms with Crippen LogP contribution in [-0.2, 0) is 4.79 Å². The maximum atomic E-state index is 12.7. The van der Waals surface area contributed by atoms with Crippen LogP contribution in [0.15, 0.2) is 0 Å². The molecule has 0 radical (unpaired) electrons. The summed E-state index contributed by atoms with van der Waals surface area (Å²) < 4.78 is 0. The summed E-state index contributed by atoms with van der Waals surface area (Å²) in [6, 6.07) is 0. The van der Waals surface area contributed by atoms with E-state index >= 15 is 0 Å². The van der Waals surface area contributed by atoms with Crippen LogP contribution in [0, 0.1) is 56.7 Å². The minimum Gasteiger partial charge on any atom is -0.390 e. The Balaban J connectivity index is 1.55. The number of aliphatic hydroxyl groups is 2. The van der Waals surface area contributed by atoms with Gasteiger partial charge in [-0.1, -0.05) is 41.5 Å². The first kappa shape index (κ1) is 23.3. The summed E-state index contributed by atoms with van der Waals surface area (Å²) in [5.74, 6) is 2.93. The van der Waals surface area contributed by atoms with Crippen molar-refractivity contribution in [2.24, 2.45) is 56.7 Å². The average molecular weight is 445 g/mol. The van der Waals surface area contributed by atoms with Gasteiger partial charge in [-0.3, -0.25) is 4.79 Å². The number of carbonyl (C=O) groups excluding carboxylic acids is 1. The van der Waals surface area contributed by atoms with Gasteiger partial charge in [0.05, 0.1) is 12.2 Å². The van der Waals surface area contributed by atoms with Crippen molar-refractivity contribution in [1.82, 2.24) is 0 Å². The number of carbonyl (C=O) groups is 1. The first-order chi connectivity index (χ1) is 14.7. The molecule has 182 valence electrons. The van der Waals surface area contributed by atoms with E-state index in [2.05, 4.69) is 41.5 Å². The molecule has 5 rings (SSSR count). The second-order valence-corrected chi connectivity index (χ2v) is 14.6. The first-order valence-corrected chi connectivity index (χ1v) is 13.6. The molecule has 0 heterocycles. The van der Waals surface area contributed by atoms with Crippen LogP contribution in [0.25, 0.3) is 0 Å². The van der Waals surface area contributed by atoms with Gasteiger partial charge < -0.3 is 10.2 Å². The number of hydrogen-bond donors (Lipinski definition) is 2. The zero-order valence-electron chi connectivity index (χ0n) is 21.7. The molecular weight excluding hydrogens is 396 g/mol. The molecular formula is C29H48O3. The van der Waals surface area contributed by atoms with Gasteiger partial charge in [0.15, 0.2) is 0 Å². The van der Waals surface area contributed by atoms with Crippen LogP contribution >= 0.6 is 0 Å². The van der Waals surface area contributed by atoms with Gasteiger partial charge in [0.2, 0.25) is 0 Å². The van der Waals surface area contributed by atoms with Crippen LogP contribution < -0.4 is 0 Å². The van der Waals surface area contributed by atoms with E-state index in [9.17, 15) is 15.0 Å². The zero-order valence-corrected chi connectivity index (χ0v) is 21.7. The monoisotopic (exact) mass is 444 g/mol. The van der Waals surface area contributed by atoms with Crippen LogP contribution in [0.4, 0.5) is 0 Å². The normalized spacial score (nSPS) is 58.8. The third kappa shape index (κ3) is 2.65. The maximum absolute atomic E-state index is 12.7. The Morgan fingerprint density at radius 3 is 2.12 bits per heavy atom. The lowest BCUT2D eigenvalue weighted by atomic mass is 9.32. The van der Waals surface area contributed by atoms with Crippen LogP contribution in [0.2, 0.25) is 0 Å². The topological polar surface area (TPSA) is 57.5 Å². The highest BCUT2D eigenvalue weighted by atomic mass is 16.3. The van der Waals surface area contributed by atoms with Crippen LogP contribution in [0.5, 0.6) is 0 Å². The maximum Gasteiger partial charge on any atom is 0.133 e. The van der Waals surface area contributed by atoms with E-state index < -0.39 is 12.2 Å². The van der Waals surface area contributed by atoms with Crippen molar-refractivity contribution in [3.05, 3.63) is 0 Å². The molecule has 5 aliphatic carbocycles. The predicted octanol–water partition coefficient (Wildman–Crippen LogP) is 6.01. The molecule has 3 nitrogen and oxygen atoms in total. The average Bonchev–Trinajstić information content (AvgIpc) is 3.05. The Bertz CT molecular complexity index is 804. The minimum absolute atomic E-state index is 0.0690. The number of rotatable bonds is 1. The van der Waals surface area contributed by atoms with Crippen LogP contribution in [0.1, 0.15) is 106 Å². The van der Waals surface area contributed by atoms with Gasteiger partial charge in [-0.05, 0) is 115 Å². The molecule has 2 N–H and O–H groups in total. The van der Waals surface area contributed by atoms with Crippen molar-refractivity contribution < 1.29 is 15.0 Å². The fourth-order valence-corrected chi connectivity index (χ4v) is 11.5. The molecule has 0 aromatic carbocycles. The Labute approximate surface area is 196 Å². The smallest absolute Gasteiger partial charge is 0.133 e. The third-order valence-corrected chi connectivity index (χ3v) is 13.3. The Morgan fingerprint density at radius 1 is 0.781 bits per heavy atom. The molecule has 0 bridgehead atoms. The van der Waals surface area contributed by atoms with E-state index in [1.54, 1.807) is 0 Å². The highest BCUT2D eigenvalue weighted by molar-refractivity contribution is 5.79. The van der Waals surface area contributed by atoms with Gasteiger partial charge >= 0.3 is 0 Å². The standard InChI is InChI=1S/C29H48O3/c1-17(30)18-10-12-26(4)14-15-28(6)19(23(18)26)8-9-22-27(5)16-20(31)24(32)25(2,3)21(27)11-13-29(22,28)7/h18-24,31-32H,8-16H2,1-7H3/t18?,19?,20-,21?,22?,23?,24-,26+,27-,28+,29+/m0/s1. The molecule has 5 fully saturated rings. The second-order valence-electron chi connectivity index (χ2n) is 14.6. The summed E-state index contributed by atoms with van der Waals surface area (Å²) in [6.45, 7) is 16.4. The van der Waals surface area contributed by atoms with E-state index in [4.69, 9.17) is 0 Å². The van der Waals surface area contributed by atoms with Crippen LogP contribution in [0.3, 0.4) is 0 Å². The Hall–Kier alpha value is -0.410. The van der Waals surface area contributed by atoms with Gasteiger partial charge in [-0.15, -0.1) is 0 Å². The SMILES string of the molecule is CC(=O)C1CC[C@]2(C)CC[C@]3(C)C(CCC4[C@@]5(C)C[C@H](O)[C@H](O)C(C)(C)C5CC[C@]43C)C12. The summed E-state index contributed by atoms with van der Waals surface area (Å²) in [4.78, 5) is 12.7. The molecule has 5 saturated carbocycles. The fraction of sp³-hybridized carbons (Fsp3) is 0.966. The van der Waals surface area contributed by atoms with Crippen molar-refractivity contribution in [3.63, 3.8) is 0 Å². The Morgan fingerprint density at radius 2 is 1.47 bits per heavy atom. The molecule has 5 unspecified atom stereocenters. The first-order valence-electron chi connectivity index (χ1n) is 13.6. The predicted molar refractivity (Wildman–Crippen MR) is 128 cm³/mol. The lowest BCUT2D eigenvalue weighted by molar-refractivity contribution is -0.262. The van der Waals surface area contributed by atoms with Crippen molar-refractivity contribution in [2.45, 2.75) is 118 Å². The number of ketones is 1. The van der Waals surface area contributed by atoms with Crippen molar-refractivity contribution >= 4 is 5.78 Å². The number of hydrogen-bond acceptors (Lipinski definition) is 3. The number of fused-ring (bicyclic) bond motifs is 7. The number of Topliss-reactive ketones (excluding diaryl/α,β-unsaturated/α-hetero) is 1. The van der Waals surface area contributed by atoms with Gasteiger partial charge in [0.25, 0.3) is 0 Å². The van der Waals surface area contributed by atoms with Gasteiger partial charge in [-0.25, -0.2) is 0 Å². The highest BCUT2D eigenvalue weighted by Crippen LogP contribution is 2.77. The van der Waals surface area contributed by atoms with E-state index in [-0.39, 0.29) is 27.6 Å².